The van der Waals surface area contributed by atoms with E-state index in [0.29, 0.717) is 16.4 Å². The lowest BCUT2D eigenvalue weighted by Crippen LogP contribution is -2.59. The zero-order valence-electron chi connectivity index (χ0n) is 14.6. The van der Waals surface area contributed by atoms with E-state index in [1.807, 2.05) is 0 Å². The first-order chi connectivity index (χ1) is 12.7. The lowest BCUT2D eigenvalue weighted by molar-refractivity contribution is -0.128. The Morgan fingerprint density at radius 3 is 2.56 bits per heavy atom. The number of carbonyl (C=O) groups excluding carboxylic acids is 3. The molecule has 2 amide bonds. The van der Waals surface area contributed by atoms with Gasteiger partial charge in [0, 0.05) is 5.02 Å². The summed E-state index contributed by atoms with van der Waals surface area (Å²) in [5, 5.41) is 3.28. The molecule has 0 aliphatic carbocycles. The SMILES string of the molecule is CC1(C)C(=O)Nc2ccccc2N1C(=O)COC(=O)c1ccc(Cl)cc1Cl. The van der Waals surface area contributed by atoms with Crippen molar-refractivity contribution in [3.8, 4) is 0 Å². The summed E-state index contributed by atoms with van der Waals surface area (Å²) in [7, 11) is 0. The lowest BCUT2D eigenvalue weighted by atomic mass is 9.96. The van der Waals surface area contributed by atoms with Gasteiger partial charge in [0.05, 0.1) is 22.0 Å². The zero-order chi connectivity index (χ0) is 19.8. The lowest BCUT2D eigenvalue weighted by Gasteiger charge is -2.41. The molecule has 6 nitrogen and oxygen atoms in total. The Hall–Kier alpha value is -2.57. The van der Waals surface area contributed by atoms with Crippen molar-refractivity contribution in [2.24, 2.45) is 0 Å². The largest absolute Gasteiger partial charge is 0.452 e. The van der Waals surface area contributed by atoms with E-state index in [2.05, 4.69) is 5.32 Å². The molecule has 2 aromatic carbocycles. The third-order valence-corrected chi connectivity index (χ3v) is 4.78. The maximum atomic E-state index is 12.8. The van der Waals surface area contributed by atoms with Crippen LogP contribution in [0.25, 0.3) is 0 Å². The summed E-state index contributed by atoms with van der Waals surface area (Å²) >= 11 is 11.8. The Morgan fingerprint density at radius 1 is 1.15 bits per heavy atom. The van der Waals surface area contributed by atoms with Gasteiger partial charge in [0.15, 0.2) is 6.61 Å². The van der Waals surface area contributed by atoms with Crippen molar-refractivity contribution < 1.29 is 19.1 Å². The number of nitrogens with zero attached hydrogens (tertiary/aromatic N) is 1. The van der Waals surface area contributed by atoms with Gasteiger partial charge < -0.3 is 10.1 Å². The number of fused-ring (bicyclic) bond motifs is 1. The second-order valence-electron chi connectivity index (χ2n) is 6.46. The van der Waals surface area contributed by atoms with Crippen molar-refractivity contribution in [3.63, 3.8) is 0 Å². The van der Waals surface area contributed by atoms with Crippen molar-refractivity contribution in [3.05, 3.63) is 58.1 Å². The molecule has 0 unspecified atom stereocenters. The number of halogens is 2. The number of amides is 2. The average Bonchev–Trinajstić information content (AvgIpc) is 2.60. The van der Waals surface area contributed by atoms with Gasteiger partial charge in [0.2, 0.25) is 5.91 Å². The summed E-state index contributed by atoms with van der Waals surface area (Å²) in [5.41, 5.74) is 0.00953. The van der Waals surface area contributed by atoms with Crippen LogP contribution in [0.3, 0.4) is 0 Å². The minimum Gasteiger partial charge on any atom is -0.452 e. The van der Waals surface area contributed by atoms with E-state index in [9.17, 15) is 14.4 Å². The second kappa shape index (κ2) is 7.21. The molecule has 1 N–H and O–H groups in total. The molecular weight excluding hydrogens is 391 g/mol. The van der Waals surface area contributed by atoms with Crippen LogP contribution < -0.4 is 10.2 Å². The van der Waals surface area contributed by atoms with E-state index in [4.69, 9.17) is 27.9 Å². The third kappa shape index (κ3) is 3.63. The van der Waals surface area contributed by atoms with E-state index in [-0.39, 0.29) is 16.5 Å². The molecule has 1 heterocycles. The van der Waals surface area contributed by atoms with Crippen LogP contribution in [0.15, 0.2) is 42.5 Å². The zero-order valence-corrected chi connectivity index (χ0v) is 16.1. The molecule has 3 rings (SSSR count). The van der Waals surface area contributed by atoms with Gasteiger partial charge in [-0.3, -0.25) is 14.5 Å². The summed E-state index contributed by atoms with van der Waals surface area (Å²) in [4.78, 5) is 38.8. The van der Waals surface area contributed by atoms with Crippen molar-refractivity contribution in [1.82, 2.24) is 0 Å². The molecule has 0 saturated carbocycles. The van der Waals surface area contributed by atoms with Crippen LogP contribution >= 0.6 is 23.2 Å². The summed E-state index contributed by atoms with van der Waals surface area (Å²) in [5.74, 6) is -1.61. The molecule has 140 valence electrons. The van der Waals surface area contributed by atoms with Crippen LogP contribution in [0.1, 0.15) is 24.2 Å². The topological polar surface area (TPSA) is 75.7 Å². The van der Waals surface area contributed by atoms with Gasteiger partial charge in [-0.1, -0.05) is 35.3 Å². The Morgan fingerprint density at radius 2 is 1.85 bits per heavy atom. The first-order valence-corrected chi connectivity index (χ1v) is 8.83. The van der Waals surface area contributed by atoms with Gasteiger partial charge in [-0.05, 0) is 44.2 Å². The number of esters is 1. The molecule has 8 heteroatoms. The number of nitrogens with one attached hydrogen (secondary N) is 1. The van der Waals surface area contributed by atoms with Crippen molar-refractivity contribution in [2.45, 2.75) is 19.4 Å². The second-order valence-corrected chi connectivity index (χ2v) is 7.30. The molecule has 0 aromatic heterocycles. The highest BCUT2D eigenvalue weighted by molar-refractivity contribution is 6.36. The maximum absolute atomic E-state index is 12.8. The van der Waals surface area contributed by atoms with Gasteiger partial charge in [0.25, 0.3) is 5.91 Å². The maximum Gasteiger partial charge on any atom is 0.340 e. The van der Waals surface area contributed by atoms with Gasteiger partial charge in [-0.25, -0.2) is 4.79 Å². The van der Waals surface area contributed by atoms with Gasteiger partial charge in [-0.2, -0.15) is 0 Å². The van der Waals surface area contributed by atoms with E-state index in [0.717, 1.165) is 0 Å². The van der Waals surface area contributed by atoms with Crippen molar-refractivity contribution >= 4 is 52.4 Å². The standard InChI is InChI=1S/C19H16Cl2N2O4/c1-19(2)18(26)22-14-5-3-4-6-15(14)23(19)16(24)10-27-17(25)12-8-7-11(20)9-13(12)21/h3-9H,10H2,1-2H3,(H,22,26). The molecule has 2 aromatic rings. The van der Waals surface area contributed by atoms with Crippen LogP contribution in [0.4, 0.5) is 11.4 Å². The van der Waals surface area contributed by atoms with Crippen LogP contribution in [0.2, 0.25) is 10.0 Å². The number of para-hydroxylation sites is 2. The smallest absolute Gasteiger partial charge is 0.340 e. The third-order valence-electron chi connectivity index (χ3n) is 4.24. The van der Waals surface area contributed by atoms with Crippen LogP contribution in [0.5, 0.6) is 0 Å². The van der Waals surface area contributed by atoms with Crippen molar-refractivity contribution in [2.75, 3.05) is 16.8 Å². The Bertz CT molecular complexity index is 943. The number of ether oxygens (including phenoxy) is 1. The summed E-state index contributed by atoms with van der Waals surface area (Å²) < 4.78 is 5.12. The minimum atomic E-state index is -1.14. The molecule has 27 heavy (non-hydrogen) atoms. The van der Waals surface area contributed by atoms with E-state index in [1.54, 1.807) is 38.1 Å². The van der Waals surface area contributed by atoms with Crippen LogP contribution in [0, 0.1) is 0 Å². The van der Waals surface area contributed by atoms with Gasteiger partial charge >= 0.3 is 5.97 Å². The molecule has 1 aliphatic rings. The highest BCUT2D eigenvalue weighted by atomic mass is 35.5. The molecular formula is C19H16Cl2N2O4. The Kier molecular flexibility index (Phi) is 5.13. The number of rotatable bonds is 3. The monoisotopic (exact) mass is 406 g/mol. The van der Waals surface area contributed by atoms with Crippen LogP contribution in [-0.2, 0) is 14.3 Å². The molecule has 0 radical (unpaired) electrons. The molecule has 0 saturated heterocycles. The Balaban J connectivity index is 1.81. The molecule has 0 bridgehead atoms. The number of hydrogen-bond donors (Lipinski definition) is 1. The predicted molar refractivity (Wildman–Crippen MR) is 103 cm³/mol. The fourth-order valence-electron chi connectivity index (χ4n) is 2.82. The quantitative estimate of drug-likeness (QED) is 0.783. The Labute approximate surface area is 166 Å². The normalized spacial score (nSPS) is 15.0. The number of benzene rings is 2. The van der Waals surface area contributed by atoms with Crippen LogP contribution in [-0.4, -0.2) is 29.9 Å². The first kappa shape index (κ1) is 19.2. The minimum absolute atomic E-state index is 0.102. The fraction of sp³-hybridized carbons (Fsp3) is 0.211. The number of anilines is 2. The van der Waals surface area contributed by atoms with E-state index < -0.39 is 24.0 Å². The molecule has 1 aliphatic heterocycles. The fourth-order valence-corrected chi connectivity index (χ4v) is 3.31. The average molecular weight is 407 g/mol. The molecule has 0 atom stereocenters. The summed E-state index contributed by atoms with van der Waals surface area (Å²) in [6.07, 6.45) is 0. The first-order valence-electron chi connectivity index (χ1n) is 8.07. The summed E-state index contributed by atoms with van der Waals surface area (Å²) in [6.45, 7) is 2.70. The van der Waals surface area contributed by atoms with E-state index in [1.165, 1.54) is 23.1 Å². The predicted octanol–water partition coefficient (Wildman–Crippen LogP) is 3.91. The highest BCUT2D eigenvalue weighted by Crippen LogP contribution is 2.36. The van der Waals surface area contributed by atoms with Gasteiger partial charge in [0.1, 0.15) is 5.54 Å². The number of hydrogen-bond acceptors (Lipinski definition) is 4. The summed E-state index contributed by atoms with van der Waals surface area (Å²) in [6, 6.07) is 11.3. The van der Waals surface area contributed by atoms with E-state index >= 15 is 0 Å². The molecule has 0 fully saturated rings. The van der Waals surface area contributed by atoms with Gasteiger partial charge in [-0.15, -0.1) is 0 Å². The number of carbonyl (C=O) groups is 3. The molecule has 0 spiro atoms. The highest BCUT2D eigenvalue weighted by Gasteiger charge is 2.43. The van der Waals surface area contributed by atoms with Crippen molar-refractivity contribution in [1.29, 1.82) is 0 Å².